The van der Waals surface area contributed by atoms with Crippen molar-refractivity contribution in [2.24, 2.45) is 0 Å². The predicted octanol–water partition coefficient (Wildman–Crippen LogP) is 3.40. The highest BCUT2D eigenvalue weighted by atomic mass is 32.1. The standard InChI is InChI=1S/C19H14N4O3S/c1-2-9-20-18(26)21-11-7-8-14-15(10-11)27-19(22-14)23-16(24)12-5-3-4-6-13(12)17(23)25/h2-8,10H,1,9H2,(H2,20,21,26). The van der Waals surface area contributed by atoms with Crippen molar-refractivity contribution in [3.05, 3.63) is 66.2 Å². The lowest BCUT2D eigenvalue weighted by Gasteiger charge is -2.08. The van der Waals surface area contributed by atoms with Crippen LogP contribution in [0.25, 0.3) is 10.2 Å². The summed E-state index contributed by atoms with van der Waals surface area (Å²) in [6.45, 7) is 3.90. The van der Waals surface area contributed by atoms with E-state index in [0.29, 0.717) is 34.0 Å². The Labute approximate surface area is 158 Å². The van der Waals surface area contributed by atoms with Gasteiger partial charge >= 0.3 is 6.03 Å². The normalized spacial score (nSPS) is 13.0. The summed E-state index contributed by atoms with van der Waals surface area (Å²) in [6, 6.07) is 11.6. The van der Waals surface area contributed by atoms with Gasteiger partial charge in [0.25, 0.3) is 11.8 Å². The molecule has 27 heavy (non-hydrogen) atoms. The van der Waals surface area contributed by atoms with Gasteiger partial charge in [-0.05, 0) is 30.3 Å². The van der Waals surface area contributed by atoms with E-state index < -0.39 is 0 Å². The second kappa shape index (κ2) is 6.65. The number of amides is 4. The first-order valence-electron chi connectivity index (χ1n) is 8.12. The summed E-state index contributed by atoms with van der Waals surface area (Å²) in [4.78, 5) is 42.5. The fraction of sp³-hybridized carbons (Fsp3) is 0.0526. The van der Waals surface area contributed by atoms with Crippen LogP contribution in [0.5, 0.6) is 0 Å². The van der Waals surface area contributed by atoms with Crippen molar-refractivity contribution in [2.45, 2.75) is 0 Å². The number of imide groups is 1. The van der Waals surface area contributed by atoms with E-state index in [2.05, 4.69) is 22.2 Å². The molecule has 7 nitrogen and oxygen atoms in total. The summed E-state index contributed by atoms with van der Waals surface area (Å²) >= 11 is 1.22. The molecule has 134 valence electrons. The maximum atomic E-state index is 12.6. The molecule has 0 saturated carbocycles. The zero-order valence-corrected chi connectivity index (χ0v) is 14.9. The van der Waals surface area contributed by atoms with E-state index in [1.165, 1.54) is 11.3 Å². The second-order valence-corrected chi connectivity index (χ2v) is 6.80. The minimum Gasteiger partial charge on any atom is -0.334 e. The van der Waals surface area contributed by atoms with E-state index in [9.17, 15) is 14.4 Å². The molecule has 8 heteroatoms. The largest absolute Gasteiger partial charge is 0.334 e. The number of anilines is 2. The van der Waals surface area contributed by atoms with Crippen LogP contribution in [0.15, 0.2) is 55.1 Å². The molecule has 2 aromatic carbocycles. The zero-order valence-electron chi connectivity index (χ0n) is 14.1. The molecule has 0 unspecified atom stereocenters. The summed E-state index contributed by atoms with van der Waals surface area (Å²) in [5, 5.41) is 5.65. The molecule has 1 aliphatic heterocycles. The Morgan fingerprint density at radius 3 is 2.52 bits per heavy atom. The van der Waals surface area contributed by atoms with Gasteiger partial charge in [-0.25, -0.2) is 14.7 Å². The Morgan fingerprint density at radius 2 is 1.85 bits per heavy atom. The number of fused-ring (bicyclic) bond motifs is 2. The van der Waals surface area contributed by atoms with Crippen molar-refractivity contribution in [3.8, 4) is 0 Å². The molecule has 1 aliphatic rings. The first-order valence-corrected chi connectivity index (χ1v) is 8.94. The summed E-state index contributed by atoms with van der Waals surface area (Å²) in [5.41, 5.74) is 1.98. The predicted molar refractivity (Wildman–Crippen MR) is 104 cm³/mol. The van der Waals surface area contributed by atoms with Crippen LogP contribution in [0.3, 0.4) is 0 Å². The molecule has 4 rings (SSSR count). The second-order valence-electron chi connectivity index (χ2n) is 5.79. The third-order valence-electron chi connectivity index (χ3n) is 4.03. The monoisotopic (exact) mass is 378 g/mol. The first kappa shape index (κ1) is 16.9. The average Bonchev–Trinajstić information content (AvgIpc) is 3.19. The summed E-state index contributed by atoms with van der Waals surface area (Å²) < 4.78 is 0.753. The maximum absolute atomic E-state index is 12.6. The Hall–Kier alpha value is -3.52. The van der Waals surface area contributed by atoms with Crippen molar-refractivity contribution in [2.75, 3.05) is 16.8 Å². The van der Waals surface area contributed by atoms with Gasteiger partial charge in [0.15, 0.2) is 0 Å². The summed E-state index contributed by atoms with van der Waals surface area (Å²) in [6.07, 6.45) is 1.58. The molecular formula is C19H14N4O3S. The molecule has 2 heterocycles. The van der Waals surface area contributed by atoms with Gasteiger partial charge in [-0.15, -0.1) is 6.58 Å². The molecule has 2 N–H and O–H groups in total. The van der Waals surface area contributed by atoms with Gasteiger partial charge in [0, 0.05) is 12.2 Å². The van der Waals surface area contributed by atoms with Crippen molar-refractivity contribution < 1.29 is 14.4 Å². The average molecular weight is 378 g/mol. The van der Waals surface area contributed by atoms with Gasteiger partial charge in [0.1, 0.15) is 0 Å². The minimum atomic E-state index is -0.378. The molecule has 0 spiro atoms. The number of thiazole rings is 1. The molecular weight excluding hydrogens is 364 g/mol. The zero-order chi connectivity index (χ0) is 19.0. The smallest absolute Gasteiger partial charge is 0.319 e. The quantitative estimate of drug-likeness (QED) is 0.538. The lowest BCUT2D eigenvalue weighted by atomic mass is 10.1. The molecule has 3 aromatic rings. The van der Waals surface area contributed by atoms with E-state index in [1.54, 1.807) is 48.5 Å². The van der Waals surface area contributed by atoms with Crippen LogP contribution in [0.2, 0.25) is 0 Å². The van der Waals surface area contributed by atoms with E-state index in [-0.39, 0.29) is 17.8 Å². The molecule has 0 bridgehead atoms. The molecule has 0 saturated heterocycles. The third kappa shape index (κ3) is 2.96. The molecule has 1 aromatic heterocycles. The van der Waals surface area contributed by atoms with E-state index in [0.717, 1.165) is 9.60 Å². The highest BCUT2D eigenvalue weighted by Crippen LogP contribution is 2.35. The summed E-state index contributed by atoms with van der Waals surface area (Å²) in [5.74, 6) is -0.756. The van der Waals surface area contributed by atoms with E-state index in [4.69, 9.17) is 0 Å². The van der Waals surface area contributed by atoms with Crippen LogP contribution in [0.1, 0.15) is 20.7 Å². The SMILES string of the molecule is C=CCNC(=O)Nc1ccc2nc(N3C(=O)c4ccccc4C3=O)sc2c1. The first-order chi connectivity index (χ1) is 13.1. The van der Waals surface area contributed by atoms with Crippen molar-refractivity contribution in [1.82, 2.24) is 10.3 Å². The van der Waals surface area contributed by atoms with Crippen molar-refractivity contribution >= 4 is 50.2 Å². The van der Waals surface area contributed by atoms with Crippen LogP contribution in [-0.4, -0.2) is 29.4 Å². The molecule has 0 radical (unpaired) electrons. The van der Waals surface area contributed by atoms with Crippen LogP contribution < -0.4 is 15.5 Å². The van der Waals surface area contributed by atoms with Crippen LogP contribution in [0, 0.1) is 0 Å². The minimum absolute atomic E-state index is 0.310. The molecule has 0 atom stereocenters. The molecule has 0 fully saturated rings. The Kier molecular flexibility index (Phi) is 4.17. The summed E-state index contributed by atoms with van der Waals surface area (Å²) in [7, 11) is 0. The number of carbonyl (C=O) groups excluding carboxylic acids is 3. The van der Waals surface area contributed by atoms with E-state index >= 15 is 0 Å². The van der Waals surface area contributed by atoms with Crippen LogP contribution in [-0.2, 0) is 0 Å². The Bertz CT molecular complexity index is 1070. The number of benzene rings is 2. The van der Waals surface area contributed by atoms with Crippen molar-refractivity contribution in [3.63, 3.8) is 0 Å². The van der Waals surface area contributed by atoms with Crippen LogP contribution in [0.4, 0.5) is 15.6 Å². The fourth-order valence-corrected chi connectivity index (χ4v) is 3.79. The number of hydrogen-bond acceptors (Lipinski definition) is 5. The number of rotatable bonds is 4. The Morgan fingerprint density at radius 1 is 1.15 bits per heavy atom. The highest BCUT2D eigenvalue weighted by Gasteiger charge is 2.38. The third-order valence-corrected chi connectivity index (χ3v) is 5.03. The molecule has 4 amide bonds. The lowest BCUT2D eigenvalue weighted by molar-refractivity contribution is 0.0926. The number of hydrogen-bond donors (Lipinski definition) is 2. The Balaban J connectivity index is 1.63. The lowest BCUT2D eigenvalue weighted by Crippen LogP contribution is -2.29. The van der Waals surface area contributed by atoms with Gasteiger partial charge in [0.2, 0.25) is 5.13 Å². The number of aromatic nitrogens is 1. The molecule has 0 aliphatic carbocycles. The number of nitrogens with one attached hydrogen (secondary N) is 2. The topological polar surface area (TPSA) is 91.4 Å². The van der Waals surface area contributed by atoms with Gasteiger partial charge in [-0.2, -0.15) is 0 Å². The van der Waals surface area contributed by atoms with Crippen molar-refractivity contribution in [1.29, 1.82) is 0 Å². The number of urea groups is 1. The number of carbonyl (C=O) groups is 3. The number of nitrogens with zero attached hydrogens (tertiary/aromatic N) is 2. The highest BCUT2D eigenvalue weighted by molar-refractivity contribution is 7.22. The van der Waals surface area contributed by atoms with Gasteiger partial charge in [-0.1, -0.05) is 29.5 Å². The van der Waals surface area contributed by atoms with Crippen LogP contribution >= 0.6 is 11.3 Å². The fourth-order valence-electron chi connectivity index (χ4n) is 2.79. The van der Waals surface area contributed by atoms with E-state index in [1.807, 2.05) is 0 Å². The van der Waals surface area contributed by atoms with Gasteiger partial charge in [0.05, 0.1) is 21.3 Å². The van der Waals surface area contributed by atoms with Gasteiger partial charge < -0.3 is 10.6 Å². The maximum Gasteiger partial charge on any atom is 0.319 e. The van der Waals surface area contributed by atoms with Gasteiger partial charge in [-0.3, -0.25) is 9.59 Å².